The number of rotatable bonds is 6. The second-order valence-electron chi connectivity index (χ2n) is 5.38. The van der Waals surface area contributed by atoms with E-state index in [0.717, 1.165) is 11.1 Å². The second kappa shape index (κ2) is 8.92. The van der Waals surface area contributed by atoms with Gasteiger partial charge in [-0.2, -0.15) is 0 Å². The van der Waals surface area contributed by atoms with Gasteiger partial charge in [-0.05, 0) is 30.2 Å². The number of carbonyl (C=O) groups is 1. The molecule has 2 aromatic rings. The minimum absolute atomic E-state index is 0.197. The molecule has 0 spiro atoms. The third-order valence-corrected chi connectivity index (χ3v) is 4.43. The summed E-state index contributed by atoms with van der Waals surface area (Å²) in [7, 11) is 1.62. The zero-order chi connectivity index (χ0) is 17.5. The van der Waals surface area contributed by atoms with Crippen LogP contribution >= 0.6 is 23.2 Å². The van der Waals surface area contributed by atoms with Gasteiger partial charge in [-0.25, -0.2) is 4.79 Å². The Bertz CT molecular complexity index is 680. The van der Waals surface area contributed by atoms with Gasteiger partial charge in [0, 0.05) is 13.7 Å². The van der Waals surface area contributed by atoms with Crippen LogP contribution in [-0.4, -0.2) is 19.7 Å². The van der Waals surface area contributed by atoms with E-state index in [9.17, 15) is 4.79 Å². The Morgan fingerprint density at radius 2 is 1.79 bits per heavy atom. The standard InChI is InChI=1S/C18H20Cl2N2O2/c1-12(14-8-9-15(19)16(20)10-14)22-18(23)21-11-17(24-2)13-6-4-3-5-7-13/h3-10,12,17H,11H2,1-2H3,(H2,21,22,23). The van der Waals surface area contributed by atoms with E-state index in [0.29, 0.717) is 16.6 Å². The molecule has 6 heteroatoms. The molecular formula is C18H20Cl2N2O2. The van der Waals surface area contributed by atoms with Gasteiger partial charge in [0.2, 0.25) is 0 Å². The smallest absolute Gasteiger partial charge is 0.315 e. The monoisotopic (exact) mass is 366 g/mol. The van der Waals surface area contributed by atoms with Crippen LogP contribution in [0, 0.1) is 0 Å². The van der Waals surface area contributed by atoms with Crippen molar-refractivity contribution in [3.63, 3.8) is 0 Å². The zero-order valence-electron chi connectivity index (χ0n) is 13.6. The Morgan fingerprint density at radius 3 is 2.42 bits per heavy atom. The van der Waals surface area contributed by atoms with E-state index < -0.39 is 0 Å². The van der Waals surface area contributed by atoms with E-state index in [1.165, 1.54) is 0 Å². The number of hydrogen-bond donors (Lipinski definition) is 2. The summed E-state index contributed by atoms with van der Waals surface area (Å²) in [5.74, 6) is 0. The molecule has 4 nitrogen and oxygen atoms in total. The highest BCUT2D eigenvalue weighted by Crippen LogP contribution is 2.25. The summed E-state index contributed by atoms with van der Waals surface area (Å²) in [5.41, 5.74) is 1.89. The summed E-state index contributed by atoms with van der Waals surface area (Å²) in [4.78, 5) is 12.1. The van der Waals surface area contributed by atoms with E-state index in [1.54, 1.807) is 19.2 Å². The van der Waals surface area contributed by atoms with E-state index in [-0.39, 0.29) is 18.2 Å². The van der Waals surface area contributed by atoms with Crippen LogP contribution in [0.15, 0.2) is 48.5 Å². The first-order chi connectivity index (χ1) is 11.5. The molecule has 2 amide bonds. The molecule has 0 aliphatic rings. The lowest BCUT2D eigenvalue weighted by Gasteiger charge is -2.19. The molecule has 0 saturated heterocycles. The van der Waals surface area contributed by atoms with Gasteiger partial charge < -0.3 is 15.4 Å². The van der Waals surface area contributed by atoms with Crippen LogP contribution in [-0.2, 0) is 4.74 Å². The maximum atomic E-state index is 12.1. The molecule has 2 atom stereocenters. The molecule has 2 aromatic carbocycles. The third-order valence-electron chi connectivity index (χ3n) is 3.70. The maximum absolute atomic E-state index is 12.1. The molecule has 2 unspecified atom stereocenters. The lowest BCUT2D eigenvalue weighted by Crippen LogP contribution is -2.39. The van der Waals surface area contributed by atoms with Crippen molar-refractivity contribution in [1.82, 2.24) is 10.6 Å². The molecule has 0 saturated carbocycles. The predicted molar refractivity (Wildman–Crippen MR) is 97.6 cm³/mol. The average molecular weight is 367 g/mol. The maximum Gasteiger partial charge on any atom is 0.315 e. The number of methoxy groups -OCH3 is 1. The van der Waals surface area contributed by atoms with Crippen molar-refractivity contribution < 1.29 is 9.53 Å². The van der Waals surface area contributed by atoms with Gasteiger partial charge >= 0.3 is 6.03 Å². The van der Waals surface area contributed by atoms with Crippen LogP contribution in [0.25, 0.3) is 0 Å². The number of carbonyl (C=O) groups excluding carboxylic acids is 1. The van der Waals surface area contributed by atoms with Crippen molar-refractivity contribution in [2.24, 2.45) is 0 Å². The Balaban J connectivity index is 1.89. The molecule has 2 rings (SSSR count). The summed E-state index contributed by atoms with van der Waals surface area (Å²) in [5, 5.41) is 6.64. The Labute approximate surface area is 152 Å². The normalized spacial score (nSPS) is 13.2. The first-order valence-corrected chi connectivity index (χ1v) is 8.34. The number of amides is 2. The molecule has 0 heterocycles. The van der Waals surface area contributed by atoms with Gasteiger partial charge in [-0.3, -0.25) is 0 Å². The summed E-state index contributed by atoms with van der Waals surface area (Å²) in [6.07, 6.45) is -0.197. The van der Waals surface area contributed by atoms with Crippen molar-refractivity contribution in [3.8, 4) is 0 Å². The van der Waals surface area contributed by atoms with Gasteiger partial charge in [0.25, 0.3) is 0 Å². The Hall–Kier alpha value is -1.75. The van der Waals surface area contributed by atoms with Crippen LogP contribution in [0.1, 0.15) is 30.2 Å². The van der Waals surface area contributed by atoms with Gasteiger partial charge in [0.15, 0.2) is 0 Å². The highest BCUT2D eigenvalue weighted by Gasteiger charge is 2.14. The van der Waals surface area contributed by atoms with E-state index in [2.05, 4.69) is 10.6 Å². The Kier molecular flexibility index (Phi) is 6.91. The quantitative estimate of drug-likeness (QED) is 0.775. The summed E-state index contributed by atoms with van der Waals surface area (Å²) >= 11 is 11.9. The molecule has 0 radical (unpaired) electrons. The lowest BCUT2D eigenvalue weighted by molar-refractivity contribution is 0.104. The molecule has 24 heavy (non-hydrogen) atoms. The number of benzene rings is 2. The fourth-order valence-electron chi connectivity index (χ4n) is 2.30. The molecule has 0 bridgehead atoms. The molecule has 128 valence electrons. The van der Waals surface area contributed by atoms with Crippen molar-refractivity contribution in [2.45, 2.75) is 19.1 Å². The van der Waals surface area contributed by atoms with Crippen LogP contribution in [0.5, 0.6) is 0 Å². The number of halogens is 2. The van der Waals surface area contributed by atoms with Crippen LogP contribution in [0.3, 0.4) is 0 Å². The summed E-state index contributed by atoms with van der Waals surface area (Å²) in [6.45, 7) is 2.25. The van der Waals surface area contributed by atoms with E-state index >= 15 is 0 Å². The van der Waals surface area contributed by atoms with Crippen LogP contribution in [0.2, 0.25) is 10.0 Å². The van der Waals surface area contributed by atoms with Crippen molar-refractivity contribution in [3.05, 3.63) is 69.7 Å². The topological polar surface area (TPSA) is 50.4 Å². The van der Waals surface area contributed by atoms with Crippen molar-refractivity contribution in [2.75, 3.05) is 13.7 Å². The minimum Gasteiger partial charge on any atom is -0.375 e. The molecule has 0 aromatic heterocycles. The van der Waals surface area contributed by atoms with Crippen LogP contribution < -0.4 is 10.6 Å². The fraction of sp³-hybridized carbons (Fsp3) is 0.278. The van der Waals surface area contributed by atoms with Crippen molar-refractivity contribution in [1.29, 1.82) is 0 Å². The first-order valence-electron chi connectivity index (χ1n) is 7.58. The lowest BCUT2D eigenvalue weighted by atomic mass is 10.1. The predicted octanol–water partition coefficient (Wildman–Crippen LogP) is 4.74. The highest BCUT2D eigenvalue weighted by atomic mass is 35.5. The fourth-order valence-corrected chi connectivity index (χ4v) is 2.61. The number of ether oxygens (including phenoxy) is 1. The van der Waals surface area contributed by atoms with Gasteiger partial charge in [0.1, 0.15) is 0 Å². The van der Waals surface area contributed by atoms with Gasteiger partial charge in [-0.15, -0.1) is 0 Å². The second-order valence-corrected chi connectivity index (χ2v) is 6.20. The zero-order valence-corrected chi connectivity index (χ0v) is 15.1. The number of urea groups is 1. The molecule has 0 aliphatic carbocycles. The number of hydrogen-bond acceptors (Lipinski definition) is 2. The molecule has 0 fully saturated rings. The van der Waals surface area contributed by atoms with Gasteiger partial charge in [0.05, 0.1) is 22.2 Å². The van der Waals surface area contributed by atoms with Crippen molar-refractivity contribution >= 4 is 29.2 Å². The molecular weight excluding hydrogens is 347 g/mol. The SMILES string of the molecule is COC(CNC(=O)NC(C)c1ccc(Cl)c(Cl)c1)c1ccccc1. The highest BCUT2D eigenvalue weighted by molar-refractivity contribution is 6.42. The van der Waals surface area contributed by atoms with Gasteiger partial charge in [-0.1, -0.05) is 59.6 Å². The minimum atomic E-state index is -0.272. The first kappa shape index (κ1) is 18.6. The number of nitrogens with one attached hydrogen (secondary N) is 2. The Morgan fingerprint density at radius 1 is 1.08 bits per heavy atom. The van der Waals surface area contributed by atoms with E-state index in [4.69, 9.17) is 27.9 Å². The largest absolute Gasteiger partial charge is 0.375 e. The third kappa shape index (κ3) is 5.13. The van der Waals surface area contributed by atoms with E-state index in [1.807, 2.05) is 43.3 Å². The summed E-state index contributed by atoms with van der Waals surface area (Å²) in [6, 6.07) is 14.6. The molecule has 2 N–H and O–H groups in total. The average Bonchev–Trinajstić information content (AvgIpc) is 2.58. The summed E-state index contributed by atoms with van der Waals surface area (Å²) < 4.78 is 5.43. The molecule has 0 aliphatic heterocycles. The van der Waals surface area contributed by atoms with Crippen LogP contribution in [0.4, 0.5) is 4.79 Å².